The van der Waals surface area contributed by atoms with Crippen molar-refractivity contribution in [2.75, 3.05) is 12.4 Å². The van der Waals surface area contributed by atoms with Gasteiger partial charge in [0, 0.05) is 11.7 Å². The normalized spacial score (nSPS) is 21.0. The smallest absolute Gasteiger partial charge is 0.258 e. The van der Waals surface area contributed by atoms with Crippen molar-refractivity contribution in [2.45, 2.75) is 38.9 Å². The predicted octanol–water partition coefficient (Wildman–Crippen LogP) is 4.23. The van der Waals surface area contributed by atoms with Gasteiger partial charge in [-0.3, -0.25) is 4.79 Å². The van der Waals surface area contributed by atoms with Gasteiger partial charge in [-0.05, 0) is 50.1 Å². The van der Waals surface area contributed by atoms with E-state index in [1.165, 1.54) is 0 Å². The van der Waals surface area contributed by atoms with Crippen molar-refractivity contribution in [1.82, 2.24) is 4.90 Å². The first-order chi connectivity index (χ1) is 11.5. The summed E-state index contributed by atoms with van der Waals surface area (Å²) in [4.78, 5) is 15.1. The molecule has 1 N–H and O–H groups in total. The summed E-state index contributed by atoms with van der Waals surface area (Å²) in [5.41, 5.74) is 2.03. The maximum Gasteiger partial charge on any atom is 0.258 e. The molecule has 1 heterocycles. The number of methoxy groups -OCH3 is 1. The fraction of sp³-hybridized carbons (Fsp3) is 0.350. The molecule has 0 fully saturated rings. The van der Waals surface area contributed by atoms with E-state index in [2.05, 4.69) is 26.1 Å². The number of hydrogen-bond acceptors (Lipinski definition) is 3. The number of fused-ring (bicyclic) bond motifs is 1. The van der Waals surface area contributed by atoms with Crippen LogP contribution in [0.25, 0.3) is 0 Å². The lowest BCUT2D eigenvalue weighted by molar-refractivity contribution is 0.0400. The molecular formula is C20H24N2O2. The zero-order valence-electron chi connectivity index (χ0n) is 14.7. The third-order valence-corrected chi connectivity index (χ3v) is 4.92. The van der Waals surface area contributed by atoms with Crippen molar-refractivity contribution in [2.24, 2.45) is 0 Å². The third-order valence-electron chi connectivity index (χ3n) is 4.92. The Bertz CT molecular complexity index is 742. The number of nitrogens with one attached hydrogen (secondary N) is 1. The fourth-order valence-corrected chi connectivity index (χ4v) is 3.38. The van der Waals surface area contributed by atoms with Crippen LogP contribution in [-0.2, 0) is 5.66 Å². The average Bonchev–Trinajstić information content (AvgIpc) is 2.61. The Labute approximate surface area is 143 Å². The zero-order chi connectivity index (χ0) is 17.3. The molecule has 4 heteroatoms. The van der Waals surface area contributed by atoms with Crippen LogP contribution in [0.15, 0.2) is 48.5 Å². The summed E-state index contributed by atoms with van der Waals surface area (Å²) < 4.78 is 5.26. The number of anilines is 1. The summed E-state index contributed by atoms with van der Waals surface area (Å²) in [5, 5.41) is 3.59. The second-order valence-corrected chi connectivity index (χ2v) is 6.40. The molecule has 3 rings (SSSR count). The highest BCUT2D eigenvalue weighted by molar-refractivity contribution is 6.02. The van der Waals surface area contributed by atoms with Crippen molar-refractivity contribution >= 4 is 11.6 Å². The van der Waals surface area contributed by atoms with Crippen LogP contribution in [0.1, 0.15) is 43.1 Å². The van der Waals surface area contributed by atoms with Gasteiger partial charge >= 0.3 is 0 Å². The predicted molar refractivity (Wildman–Crippen MR) is 96.3 cm³/mol. The summed E-state index contributed by atoms with van der Waals surface area (Å²) in [6.07, 6.45) is 0.890. The highest BCUT2D eigenvalue weighted by Gasteiger charge is 2.44. The van der Waals surface area contributed by atoms with Gasteiger partial charge in [0.1, 0.15) is 11.4 Å². The highest BCUT2D eigenvalue weighted by Crippen LogP contribution is 2.39. The summed E-state index contributed by atoms with van der Waals surface area (Å²) >= 11 is 0. The molecule has 2 aromatic carbocycles. The zero-order valence-corrected chi connectivity index (χ0v) is 14.7. The number of ether oxygens (including phenoxy) is 1. The number of hydrogen-bond donors (Lipinski definition) is 1. The summed E-state index contributed by atoms with van der Waals surface area (Å²) in [6, 6.07) is 15.7. The lowest BCUT2D eigenvalue weighted by Gasteiger charge is -2.49. The number of para-hydroxylation sites is 1. The first kappa shape index (κ1) is 16.4. The lowest BCUT2D eigenvalue weighted by Crippen LogP contribution is -2.58. The number of rotatable bonds is 4. The topological polar surface area (TPSA) is 41.6 Å². The van der Waals surface area contributed by atoms with Gasteiger partial charge in [-0.1, -0.05) is 31.2 Å². The average molecular weight is 324 g/mol. The van der Waals surface area contributed by atoms with Crippen molar-refractivity contribution in [3.63, 3.8) is 0 Å². The second-order valence-electron chi connectivity index (χ2n) is 6.40. The molecule has 1 amide bonds. The van der Waals surface area contributed by atoms with Crippen LogP contribution in [0.5, 0.6) is 5.75 Å². The molecule has 2 aromatic rings. The molecule has 2 atom stereocenters. The van der Waals surface area contributed by atoms with Crippen LogP contribution in [-0.4, -0.2) is 24.0 Å². The van der Waals surface area contributed by atoms with E-state index in [4.69, 9.17) is 4.74 Å². The van der Waals surface area contributed by atoms with Gasteiger partial charge in [-0.15, -0.1) is 0 Å². The molecule has 0 spiro atoms. The molecule has 2 unspecified atom stereocenters. The number of amides is 1. The monoisotopic (exact) mass is 324 g/mol. The van der Waals surface area contributed by atoms with Crippen LogP contribution < -0.4 is 10.1 Å². The fourth-order valence-electron chi connectivity index (χ4n) is 3.38. The first-order valence-electron chi connectivity index (χ1n) is 8.36. The molecule has 24 heavy (non-hydrogen) atoms. The largest absolute Gasteiger partial charge is 0.497 e. The van der Waals surface area contributed by atoms with E-state index in [9.17, 15) is 4.79 Å². The van der Waals surface area contributed by atoms with Crippen molar-refractivity contribution in [3.8, 4) is 5.75 Å². The minimum atomic E-state index is -0.604. The third kappa shape index (κ3) is 2.52. The maximum atomic E-state index is 13.2. The van der Waals surface area contributed by atoms with Crippen LogP contribution in [0, 0.1) is 0 Å². The number of carbonyl (C=O) groups is 1. The van der Waals surface area contributed by atoms with Gasteiger partial charge in [0.25, 0.3) is 5.91 Å². The summed E-state index contributed by atoms with van der Waals surface area (Å²) in [6.45, 7) is 6.26. The van der Waals surface area contributed by atoms with E-state index in [1.807, 2.05) is 53.4 Å². The van der Waals surface area contributed by atoms with E-state index in [-0.39, 0.29) is 11.9 Å². The van der Waals surface area contributed by atoms with Crippen LogP contribution in [0.4, 0.5) is 5.69 Å². The maximum absolute atomic E-state index is 13.2. The van der Waals surface area contributed by atoms with Crippen molar-refractivity contribution in [3.05, 3.63) is 59.7 Å². The molecule has 0 bridgehead atoms. The molecule has 126 valence electrons. The van der Waals surface area contributed by atoms with Crippen LogP contribution >= 0.6 is 0 Å². The SMILES string of the molecule is CCC(C)N1C(=O)c2ccccc2NC1(C)c1ccc(OC)cc1. The van der Waals surface area contributed by atoms with Gasteiger partial charge in [-0.2, -0.15) is 0 Å². The molecular weight excluding hydrogens is 300 g/mol. The van der Waals surface area contributed by atoms with Crippen molar-refractivity contribution in [1.29, 1.82) is 0 Å². The summed E-state index contributed by atoms with van der Waals surface area (Å²) in [5.74, 6) is 0.872. The van der Waals surface area contributed by atoms with E-state index < -0.39 is 5.66 Å². The van der Waals surface area contributed by atoms with Gasteiger partial charge in [0.05, 0.1) is 12.7 Å². The quantitative estimate of drug-likeness (QED) is 0.915. The Morgan fingerprint density at radius 3 is 2.46 bits per heavy atom. The summed E-state index contributed by atoms with van der Waals surface area (Å²) in [7, 11) is 1.65. The lowest BCUT2D eigenvalue weighted by atomic mass is 9.91. The van der Waals surface area contributed by atoms with Crippen molar-refractivity contribution < 1.29 is 9.53 Å². The number of nitrogens with zero attached hydrogens (tertiary/aromatic N) is 1. The van der Waals surface area contributed by atoms with E-state index in [0.29, 0.717) is 0 Å². The van der Waals surface area contributed by atoms with Gasteiger partial charge in [0.2, 0.25) is 0 Å². The molecule has 0 radical (unpaired) electrons. The first-order valence-corrected chi connectivity index (χ1v) is 8.36. The Hall–Kier alpha value is -2.49. The number of carbonyl (C=O) groups excluding carboxylic acids is 1. The molecule has 4 nitrogen and oxygen atoms in total. The standard InChI is InChI=1S/C20H24N2O2/c1-5-14(2)22-19(23)17-8-6-7-9-18(17)21-20(22,3)15-10-12-16(24-4)13-11-15/h6-14,21H,5H2,1-4H3. The molecule has 1 aliphatic heterocycles. The molecule has 0 aromatic heterocycles. The van der Waals surface area contributed by atoms with E-state index in [0.717, 1.165) is 29.0 Å². The Kier molecular flexibility index (Phi) is 4.22. The molecule has 0 saturated heterocycles. The van der Waals surface area contributed by atoms with Crippen LogP contribution in [0.3, 0.4) is 0 Å². The van der Waals surface area contributed by atoms with E-state index in [1.54, 1.807) is 7.11 Å². The Balaban J connectivity index is 2.13. The Morgan fingerprint density at radius 2 is 1.83 bits per heavy atom. The van der Waals surface area contributed by atoms with Gasteiger partial charge in [-0.25, -0.2) is 0 Å². The van der Waals surface area contributed by atoms with E-state index >= 15 is 0 Å². The molecule has 0 saturated carbocycles. The Morgan fingerprint density at radius 1 is 1.17 bits per heavy atom. The minimum absolute atomic E-state index is 0.0667. The molecule has 1 aliphatic rings. The van der Waals surface area contributed by atoms with Gasteiger partial charge < -0.3 is 15.0 Å². The number of benzene rings is 2. The highest BCUT2D eigenvalue weighted by atomic mass is 16.5. The second kappa shape index (κ2) is 6.19. The minimum Gasteiger partial charge on any atom is -0.497 e. The van der Waals surface area contributed by atoms with Crippen LogP contribution in [0.2, 0.25) is 0 Å². The molecule has 0 aliphatic carbocycles. The van der Waals surface area contributed by atoms with Gasteiger partial charge in [0.15, 0.2) is 0 Å².